The fourth-order valence-electron chi connectivity index (χ4n) is 3.17. The summed E-state index contributed by atoms with van der Waals surface area (Å²) < 4.78 is 11.3. The van der Waals surface area contributed by atoms with E-state index in [1.807, 2.05) is 37.3 Å². The predicted molar refractivity (Wildman–Crippen MR) is 116 cm³/mol. The average Bonchev–Trinajstić information content (AvgIpc) is 3.23. The molecule has 0 aliphatic rings. The molecule has 0 bridgehead atoms. The zero-order chi connectivity index (χ0) is 22.7. The summed E-state index contributed by atoms with van der Waals surface area (Å²) in [4.78, 5) is 28.8. The molecule has 0 unspecified atom stereocenters. The Bertz CT molecular complexity index is 1300. The summed E-state index contributed by atoms with van der Waals surface area (Å²) in [6.45, 7) is 3.92. The van der Waals surface area contributed by atoms with Gasteiger partial charge in [-0.05, 0) is 43.7 Å². The quantitative estimate of drug-likeness (QED) is 0.458. The molecule has 4 rings (SSSR count). The van der Waals surface area contributed by atoms with Gasteiger partial charge in [0.2, 0.25) is 0 Å². The van der Waals surface area contributed by atoms with E-state index in [2.05, 4.69) is 30.3 Å². The standard InChI is InChI=1S/C22H20N6O4/c1-4-32-21(29)15-12-23-28(19-11-13(2)14-7-5-6-8-16(14)24-19)20(15)25-18-10-9-17(26-27-18)22(30)31-3/h5-12H,4H2,1-3H3,(H,25,27). The van der Waals surface area contributed by atoms with Crippen molar-refractivity contribution in [2.45, 2.75) is 13.8 Å². The van der Waals surface area contributed by atoms with Crippen LogP contribution in [0, 0.1) is 6.92 Å². The SMILES string of the molecule is CCOC(=O)c1cnn(-c2cc(C)c3ccccc3n2)c1Nc1ccc(C(=O)OC)nn1. The lowest BCUT2D eigenvalue weighted by Gasteiger charge is -2.12. The van der Waals surface area contributed by atoms with Gasteiger partial charge in [-0.2, -0.15) is 9.78 Å². The Balaban J connectivity index is 1.79. The smallest absolute Gasteiger partial charge is 0.358 e. The molecular weight excluding hydrogens is 412 g/mol. The van der Waals surface area contributed by atoms with Crippen LogP contribution in [0.5, 0.6) is 0 Å². The Morgan fingerprint density at radius 1 is 1.09 bits per heavy atom. The number of carbonyl (C=O) groups excluding carboxylic acids is 2. The highest BCUT2D eigenvalue weighted by molar-refractivity contribution is 5.96. The van der Waals surface area contributed by atoms with Crippen molar-refractivity contribution >= 4 is 34.5 Å². The molecule has 0 amide bonds. The second-order valence-corrected chi connectivity index (χ2v) is 6.77. The van der Waals surface area contributed by atoms with Crippen molar-refractivity contribution in [3.8, 4) is 5.82 Å². The Hall–Kier alpha value is -4.34. The van der Waals surface area contributed by atoms with Crippen LogP contribution in [0.2, 0.25) is 0 Å². The van der Waals surface area contributed by atoms with Crippen LogP contribution in [0.25, 0.3) is 16.7 Å². The maximum Gasteiger partial charge on any atom is 0.358 e. The molecule has 1 aromatic carbocycles. The third-order valence-corrected chi connectivity index (χ3v) is 4.70. The minimum absolute atomic E-state index is 0.0593. The van der Waals surface area contributed by atoms with Gasteiger partial charge in [-0.3, -0.25) is 0 Å². The van der Waals surface area contributed by atoms with Crippen LogP contribution in [0.1, 0.15) is 33.3 Å². The molecule has 0 saturated heterocycles. The van der Waals surface area contributed by atoms with Gasteiger partial charge in [0.25, 0.3) is 0 Å². The summed E-state index contributed by atoms with van der Waals surface area (Å²) in [6.07, 6.45) is 1.41. The number of nitrogens with one attached hydrogen (secondary N) is 1. The highest BCUT2D eigenvalue weighted by Crippen LogP contribution is 2.26. The predicted octanol–water partition coefficient (Wildman–Crippen LogP) is 3.23. The largest absolute Gasteiger partial charge is 0.464 e. The molecule has 3 heterocycles. The van der Waals surface area contributed by atoms with E-state index in [4.69, 9.17) is 4.74 Å². The number of hydrogen-bond donors (Lipinski definition) is 1. The molecule has 0 radical (unpaired) electrons. The Kier molecular flexibility index (Phi) is 5.75. The second-order valence-electron chi connectivity index (χ2n) is 6.77. The lowest BCUT2D eigenvalue weighted by atomic mass is 10.1. The minimum atomic E-state index is -0.600. The fraction of sp³-hybridized carbons (Fsp3) is 0.182. The molecule has 1 N–H and O–H groups in total. The van der Waals surface area contributed by atoms with Crippen LogP contribution >= 0.6 is 0 Å². The summed E-state index contributed by atoms with van der Waals surface area (Å²) in [6, 6.07) is 12.6. The van der Waals surface area contributed by atoms with Crippen molar-refractivity contribution in [2.75, 3.05) is 19.0 Å². The number of pyridine rings is 1. The number of rotatable bonds is 6. The fourth-order valence-corrected chi connectivity index (χ4v) is 3.17. The van der Waals surface area contributed by atoms with Crippen molar-refractivity contribution in [2.24, 2.45) is 0 Å². The van der Waals surface area contributed by atoms with E-state index in [-0.39, 0.29) is 17.9 Å². The van der Waals surface area contributed by atoms with E-state index in [1.165, 1.54) is 24.1 Å². The average molecular weight is 432 g/mol. The Morgan fingerprint density at radius 3 is 2.62 bits per heavy atom. The van der Waals surface area contributed by atoms with Gasteiger partial charge >= 0.3 is 11.9 Å². The van der Waals surface area contributed by atoms with Crippen molar-refractivity contribution in [1.29, 1.82) is 0 Å². The molecule has 32 heavy (non-hydrogen) atoms. The van der Waals surface area contributed by atoms with Gasteiger partial charge < -0.3 is 14.8 Å². The van der Waals surface area contributed by atoms with E-state index >= 15 is 0 Å². The van der Waals surface area contributed by atoms with Gasteiger partial charge in [0, 0.05) is 5.39 Å². The van der Waals surface area contributed by atoms with E-state index in [0.29, 0.717) is 17.5 Å². The molecule has 0 aliphatic heterocycles. The first-order valence-electron chi connectivity index (χ1n) is 9.82. The number of hydrogen-bond acceptors (Lipinski definition) is 9. The highest BCUT2D eigenvalue weighted by atomic mass is 16.5. The number of anilines is 2. The highest BCUT2D eigenvalue weighted by Gasteiger charge is 2.22. The number of benzene rings is 1. The van der Waals surface area contributed by atoms with Crippen molar-refractivity contribution in [3.05, 3.63) is 65.5 Å². The van der Waals surface area contributed by atoms with E-state index in [0.717, 1.165) is 16.5 Å². The minimum Gasteiger partial charge on any atom is -0.464 e. The summed E-state index contributed by atoms with van der Waals surface area (Å²) in [5, 5.41) is 16.3. The summed E-state index contributed by atoms with van der Waals surface area (Å²) in [5.41, 5.74) is 2.07. The molecule has 0 spiro atoms. The first-order valence-corrected chi connectivity index (χ1v) is 9.82. The van der Waals surface area contributed by atoms with Crippen LogP contribution in [-0.4, -0.2) is 50.6 Å². The lowest BCUT2D eigenvalue weighted by Crippen LogP contribution is -2.12. The first-order chi connectivity index (χ1) is 15.5. The topological polar surface area (TPSA) is 121 Å². The van der Waals surface area contributed by atoms with Gasteiger partial charge in [0.15, 0.2) is 23.1 Å². The number of fused-ring (bicyclic) bond motifs is 1. The van der Waals surface area contributed by atoms with Gasteiger partial charge in [0.05, 0.1) is 25.4 Å². The van der Waals surface area contributed by atoms with Crippen LogP contribution < -0.4 is 5.32 Å². The van der Waals surface area contributed by atoms with Gasteiger partial charge in [-0.25, -0.2) is 14.6 Å². The second kappa shape index (κ2) is 8.80. The molecule has 3 aromatic heterocycles. The first kappa shape index (κ1) is 20.9. The van der Waals surface area contributed by atoms with Crippen molar-refractivity contribution in [1.82, 2.24) is 25.0 Å². The number of aryl methyl sites for hydroxylation is 1. The zero-order valence-electron chi connectivity index (χ0n) is 17.7. The Morgan fingerprint density at radius 2 is 1.91 bits per heavy atom. The van der Waals surface area contributed by atoms with Crippen molar-refractivity contribution < 1.29 is 19.1 Å². The van der Waals surface area contributed by atoms with Gasteiger partial charge in [-0.15, -0.1) is 10.2 Å². The third-order valence-electron chi connectivity index (χ3n) is 4.70. The molecule has 10 heteroatoms. The molecule has 0 saturated carbocycles. The Labute approximate surface area is 183 Å². The molecule has 0 aliphatic carbocycles. The normalized spacial score (nSPS) is 10.7. The van der Waals surface area contributed by atoms with Crippen LogP contribution in [0.15, 0.2) is 48.7 Å². The lowest BCUT2D eigenvalue weighted by molar-refractivity contribution is 0.0526. The zero-order valence-corrected chi connectivity index (χ0v) is 17.7. The number of para-hydroxylation sites is 1. The molecular formula is C22H20N6O4. The van der Waals surface area contributed by atoms with E-state index in [1.54, 1.807) is 13.0 Å². The molecule has 162 valence electrons. The number of aromatic nitrogens is 5. The maximum atomic E-state index is 12.5. The summed E-state index contributed by atoms with van der Waals surface area (Å²) >= 11 is 0. The molecule has 10 nitrogen and oxygen atoms in total. The summed E-state index contributed by atoms with van der Waals surface area (Å²) in [7, 11) is 1.26. The van der Waals surface area contributed by atoms with Gasteiger partial charge in [0.1, 0.15) is 5.56 Å². The third kappa shape index (κ3) is 3.97. The molecule has 0 atom stereocenters. The van der Waals surface area contributed by atoms with Crippen LogP contribution in [-0.2, 0) is 9.47 Å². The number of esters is 2. The van der Waals surface area contributed by atoms with E-state index < -0.39 is 11.9 Å². The summed E-state index contributed by atoms with van der Waals surface area (Å²) in [5.74, 6) is -0.0263. The number of nitrogens with zero attached hydrogens (tertiary/aromatic N) is 5. The van der Waals surface area contributed by atoms with Crippen LogP contribution in [0.3, 0.4) is 0 Å². The van der Waals surface area contributed by atoms with Gasteiger partial charge in [-0.1, -0.05) is 18.2 Å². The van der Waals surface area contributed by atoms with Crippen LogP contribution in [0.4, 0.5) is 11.6 Å². The van der Waals surface area contributed by atoms with Crippen molar-refractivity contribution in [3.63, 3.8) is 0 Å². The number of carbonyl (C=O) groups is 2. The molecule has 0 fully saturated rings. The molecule has 4 aromatic rings. The monoisotopic (exact) mass is 432 g/mol. The number of ether oxygens (including phenoxy) is 2. The van der Waals surface area contributed by atoms with E-state index in [9.17, 15) is 9.59 Å². The number of methoxy groups -OCH3 is 1. The maximum absolute atomic E-state index is 12.5.